The third-order valence-corrected chi connectivity index (χ3v) is 5.17. The number of methoxy groups -OCH3 is 1. The quantitative estimate of drug-likeness (QED) is 0.766. The largest absolute Gasteiger partial charge is 0.508 e. The van der Waals surface area contributed by atoms with E-state index in [9.17, 15) is 5.11 Å². The molecular weight excluding hydrogens is 410 g/mol. The van der Waals surface area contributed by atoms with Crippen LogP contribution in [0.25, 0.3) is 0 Å². The average molecular weight is 427 g/mol. The van der Waals surface area contributed by atoms with Crippen LogP contribution in [0.5, 0.6) is 11.5 Å². The van der Waals surface area contributed by atoms with Crippen molar-refractivity contribution in [2.75, 3.05) is 13.7 Å². The van der Waals surface area contributed by atoms with Gasteiger partial charge in [0.1, 0.15) is 11.5 Å². The van der Waals surface area contributed by atoms with E-state index >= 15 is 0 Å². The maximum Gasteiger partial charge on any atom is 0.147 e. The normalized spacial score (nSPS) is 17.1. The van der Waals surface area contributed by atoms with Gasteiger partial charge in [-0.05, 0) is 92.2 Å². The van der Waals surface area contributed by atoms with E-state index in [-0.39, 0.29) is 6.04 Å². The Bertz CT molecular complexity index is 680. The zero-order valence-electron chi connectivity index (χ0n) is 12.2. The van der Waals surface area contributed by atoms with Crippen molar-refractivity contribution in [1.29, 1.82) is 0 Å². The summed E-state index contributed by atoms with van der Waals surface area (Å²) in [6, 6.07) is 10.1. The summed E-state index contributed by atoms with van der Waals surface area (Å²) in [4.78, 5) is 0. The monoisotopic (exact) mass is 425 g/mol. The van der Waals surface area contributed by atoms with Crippen molar-refractivity contribution in [2.24, 2.45) is 0 Å². The van der Waals surface area contributed by atoms with Gasteiger partial charge in [-0.3, -0.25) is 0 Å². The molecule has 116 valence electrons. The molecule has 0 fully saturated rings. The number of hydrogen-bond acceptors (Lipinski definition) is 3. The van der Waals surface area contributed by atoms with E-state index in [0.717, 1.165) is 34.1 Å². The fraction of sp³-hybridized carbons (Fsp3) is 0.294. The first-order valence-electron chi connectivity index (χ1n) is 7.15. The van der Waals surface area contributed by atoms with Crippen LogP contribution in [0.2, 0.25) is 0 Å². The number of benzene rings is 2. The number of phenolic OH excluding ortho intramolecular Hbond substituents is 1. The first-order valence-corrected chi connectivity index (χ1v) is 8.74. The molecule has 3 rings (SSSR count). The van der Waals surface area contributed by atoms with E-state index in [4.69, 9.17) is 4.74 Å². The molecule has 0 bridgehead atoms. The lowest BCUT2D eigenvalue weighted by atomic mass is 9.90. The van der Waals surface area contributed by atoms with Gasteiger partial charge < -0.3 is 15.2 Å². The zero-order valence-corrected chi connectivity index (χ0v) is 15.4. The summed E-state index contributed by atoms with van der Waals surface area (Å²) in [6.07, 6.45) is 1.84. The van der Waals surface area contributed by atoms with Gasteiger partial charge in [-0.2, -0.15) is 0 Å². The predicted octanol–water partition coefficient (Wildman–Crippen LogP) is 4.36. The van der Waals surface area contributed by atoms with Crippen LogP contribution in [-0.2, 0) is 12.8 Å². The number of phenols is 1. The molecule has 1 aliphatic heterocycles. The molecule has 0 saturated heterocycles. The Kier molecular flexibility index (Phi) is 4.76. The van der Waals surface area contributed by atoms with E-state index in [1.165, 1.54) is 16.7 Å². The molecule has 5 heteroatoms. The van der Waals surface area contributed by atoms with Crippen molar-refractivity contribution in [3.8, 4) is 11.5 Å². The van der Waals surface area contributed by atoms with Gasteiger partial charge in [0.05, 0.1) is 16.1 Å². The summed E-state index contributed by atoms with van der Waals surface area (Å²) in [5, 5.41) is 13.2. The van der Waals surface area contributed by atoms with Crippen molar-refractivity contribution in [1.82, 2.24) is 5.32 Å². The maximum absolute atomic E-state index is 9.65. The number of aromatic hydroxyl groups is 1. The molecule has 0 amide bonds. The van der Waals surface area contributed by atoms with Gasteiger partial charge in [-0.25, -0.2) is 0 Å². The van der Waals surface area contributed by atoms with Crippen LogP contribution in [0.4, 0.5) is 0 Å². The fourth-order valence-electron chi connectivity index (χ4n) is 2.98. The van der Waals surface area contributed by atoms with Crippen LogP contribution in [-0.4, -0.2) is 18.8 Å². The molecule has 3 nitrogen and oxygen atoms in total. The second-order valence-corrected chi connectivity index (χ2v) is 7.15. The first kappa shape index (κ1) is 15.8. The lowest BCUT2D eigenvalue weighted by Crippen LogP contribution is -2.31. The van der Waals surface area contributed by atoms with Gasteiger partial charge in [0, 0.05) is 6.04 Å². The van der Waals surface area contributed by atoms with Gasteiger partial charge in [-0.15, -0.1) is 0 Å². The highest BCUT2D eigenvalue weighted by Gasteiger charge is 2.21. The Labute approximate surface area is 147 Å². The van der Waals surface area contributed by atoms with E-state index in [1.807, 2.05) is 12.1 Å². The fourth-order valence-corrected chi connectivity index (χ4v) is 4.59. The minimum absolute atomic E-state index is 0.261. The van der Waals surface area contributed by atoms with E-state index in [2.05, 4.69) is 49.3 Å². The molecule has 1 aliphatic rings. The third-order valence-electron chi connectivity index (χ3n) is 3.99. The van der Waals surface area contributed by atoms with Crippen LogP contribution in [0, 0.1) is 0 Å². The van der Waals surface area contributed by atoms with Gasteiger partial charge in [0.25, 0.3) is 0 Å². The van der Waals surface area contributed by atoms with Gasteiger partial charge in [0.2, 0.25) is 0 Å². The van der Waals surface area contributed by atoms with Gasteiger partial charge in [-0.1, -0.05) is 6.07 Å². The average Bonchev–Trinajstić information content (AvgIpc) is 2.47. The van der Waals surface area contributed by atoms with E-state index in [0.29, 0.717) is 5.75 Å². The Morgan fingerprint density at radius 3 is 2.64 bits per heavy atom. The summed E-state index contributed by atoms with van der Waals surface area (Å²) in [6.45, 7) is 0.930. The summed E-state index contributed by atoms with van der Waals surface area (Å²) in [5.74, 6) is 1.15. The Morgan fingerprint density at radius 1 is 1.23 bits per heavy atom. The Balaban J connectivity index is 1.89. The molecule has 0 spiro atoms. The van der Waals surface area contributed by atoms with Crippen LogP contribution in [0.3, 0.4) is 0 Å². The minimum atomic E-state index is 0.261. The Hall–Kier alpha value is -1.04. The van der Waals surface area contributed by atoms with Crippen LogP contribution in [0.1, 0.15) is 22.7 Å². The molecule has 0 aliphatic carbocycles. The van der Waals surface area contributed by atoms with E-state index in [1.54, 1.807) is 13.2 Å². The predicted molar refractivity (Wildman–Crippen MR) is 94.7 cm³/mol. The van der Waals surface area contributed by atoms with Gasteiger partial charge in [0.15, 0.2) is 0 Å². The van der Waals surface area contributed by atoms with E-state index < -0.39 is 0 Å². The van der Waals surface area contributed by atoms with Gasteiger partial charge >= 0.3 is 0 Å². The molecule has 0 aromatic heterocycles. The molecule has 1 atom stereocenters. The minimum Gasteiger partial charge on any atom is -0.508 e. The molecule has 1 heterocycles. The van der Waals surface area contributed by atoms with Crippen molar-refractivity contribution < 1.29 is 9.84 Å². The van der Waals surface area contributed by atoms with Crippen molar-refractivity contribution >= 4 is 31.9 Å². The Morgan fingerprint density at radius 2 is 1.95 bits per heavy atom. The number of nitrogens with one attached hydrogen (secondary N) is 1. The standard InChI is InChI=1S/C17H17Br2NO2/c1-22-17-14(18)6-10(7-15(17)19)8-16-13-3-2-12(21)9-11(13)4-5-20-16/h2-3,6-7,9,16,20-21H,4-5,8H2,1H3/t16-/m0/s1. The zero-order chi connectivity index (χ0) is 15.7. The highest BCUT2D eigenvalue weighted by molar-refractivity contribution is 9.11. The molecule has 2 N–H and O–H groups in total. The molecule has 22 heavy (non-hydrogen) atoms. The van der Waals surface area contributed by atoms with Crippen molar-refractivity contribution in [3.63, 3.8) is 0 Å². The van der Waals surface area contributed by atoms with Crippen LogP contribution >= 0.6 is 31.9 Å². The van der Waals surface area contributed by atoms with Crippen LogP contribution < -0.4 is 10.1 Å². The molecule has 0 radical (unpaired) electrons. The highest BCUT2D eigenvalue weighted by Crippen LogP contribution is 2.36. The number of ether oxygens (including phenoxy) is 1. The summed E-state index contributed by atoms with van der Waals surface area (Å²) < 4.78 is 7.24. The number of hydrogen-bond donors (Lipinski definition) is 2. The first-order chi connectivity index (χ1) is 10.6. The lowest BCUT2D eigenvalue weighted by molar-refractivity contribution is 0.409. The highest BCUT2D eigenvalue weighted by atomic mass is 79.9. The van der Waals surface area contributed by atoms with Crippen molar-refractivity contribution in [3.05, 3.63) is 56.0 Å². The maximum atomic E-state index is 9.65. The second-order valence-electron chi connectivity index (χ2n) is 5.44. The van der Waals surface area contributed by atoms with Crippen LogP contribution in [0.15, 0.2) is 39.3 Å². The van der Waals surface area contributed by atoms with Crippen molar-refractivity contribution in [2.45, 2.75) is 18.9 Å². The topological polar surface area (TPSA) is 41.5 Å². The molecular formula is C17H17Br2NO2. The SMILES string of the molecule is COc1c(Br)cc(C[C@@H]2NCCc3cc(O)ccc32)cc1Br. The number of rotatable bonds is 3. The molecule has 0 saturated carbocycles. The number of halogens is 2. The smallest absolute Gasteiger partial charge is 0.147 e. The summed E-state index contributed by atoms with van der Waals surface area (Å²) in [5.41, 5.74) is 3.72. The second kappa shape index (κ2) is 6.60. The third kappa shape index (κ3) is 3.16. The molecule has 0 unspecified atom stereocenters. The molecule has 2 aromatic rings. The molecule has 2 aromatic carbocycles. The summed E-state index contributed by atoms with van der Waals surface area (Å²) >= 11 is 7.11. The summed E-state index contributed by atoms with van der Waals surface area (Å²) in [7, 11) is 1.66. The lowest BCUT2D eigenvalue weighted by Gasteiger charge is -2.27. The number of fused-ring (bicyclic) bond motifs is 1.